The molecule has 1 saturated heterocycles. The fourth-order valence-corrected chi connectivity index (χ4v) is 4.11. The molecule has 1 atom stereocenters. The second kappa shape index (κ2) is 13.5. The molecule has 0 radical (unpaired) electrons. The van der Waals surface area contributed by atoms with E-state index in [0.29, 0.717) is 39.0 Å². The van der Waals surface area contributed by atoms with Crippen LogP contribution in [0.3, 0.4) is 0 Å². The van der Waals surface area contributed by atoms with Crippen molar-refractivity contribution in [2.75, 3.05) is 45.9 Å². The minimum Gasteiger partial charge on any atom is -0.365 e. The van der Waals surface area contributed by atoms with Gasteiger partial charge in [0.25, 0.3) is 0 Å². The number of nitrogens with zero attached hydrogens (tertiary/aromatic N) is 5. The van der Waals surface area contributed by atoms with Gasteiger partial charge in [0, 0.05) is 57.7 Å². The van der Waals surface area contributed by atoms with E-state index in [1.54, 1.807) is 33.3 Å². The van der Waals surface area contributed by atoms with Crippen LogP contribution in [0, 0.1) is 0 Å². The summed E-state index contributed by atoms with van der Waals surface area (Å²) in [5, 5.41) is 0. The van der Waals surface area contributed by atoms with Gasteiger partial charge < -0.3 is 19.4 Å². The number of benzene rings is 1. The maximum Gasteiger partial charge on any atom is 0.248 e. The maximum atomic E-state index is 13.1. The Morgan fingerprint density at radius 3 is 2.54 bits per heavy atom. The van der Waals surface area contributed by atoms with Gasteiger partial charge in [-0.25, -0.2) is 0 Å². The number of amides is 3. The predicted molar refractivity (Wildman–Crippen MR) is 131 cm³/mol. The number of aryl methyl sites for hydroxylation is 1. The van der Waals surface area contributed by atoms with Crippen molar-refractivity contribution in [3.05, 3.63) is 60.2 Å². The molecule has 0 bridgehead atoms. The summed E-state index contributed by atoms with van der Waals surface area (Å²) in [6.07, 6.45) is 5.75. The van der Waals surface area contributed by atoms with Crippen LogP contribution in [0.2, 0.25) is 0 Å². The van der Waals surface area contributed by atoms with Gasteiger partial charge in [0.2, 0.25) is 17.7 Å². The van der Waals surface area contributed by atoms with Crippen molar-refractivity contribution in [2.45, 2.75) is 39.2 Å². The fraction of sp³-hybridized carbons (Fsp3) is 0.500. The third-order valence-electron chi connectivity index (χ3n) is 6.16. The molecule has 9 nitrogen and oxygen atoms in total. The van der Waals surface area contributed by atoms with Crippen LogP contribution < -0.4 is 0 Å². The summed E-state index contributed by atoms with van der Waals surface area (Å²) in [5.41, 5.74) is 1.86. The Kier molecular flexibility index (Phi) is 10.2. The van der Waals surface area contributed by atoms with Crippen molar-refractivity contribution in [2.24, 2.45) is 0 Å². The van der Waals surface area contributed by atoms with Crippen LogP contribution in [0.1, 0.15) is 31.5 Å². The molecule has 0 saturated carbocycles. The number of hydrogen-bond donors (Lipinski definition) is 0. The Morgan fingerprint density at radius 1 is 1.09 bits per heavy atom. The van der Waals surface area contributed by atoms with Crippen LogP contribution in [0.5, 0.6) is 0 Å². The van der Waals surface area contributed by atoms with Crippen molar-refractivity contribution in [1.29, 1.82) is 0 Å². The smallest absolute Gasteiger partial charge is 0.248 e. The minimum absolute atomic E-state index is 0.00204. The van der Waals surface area contributed by atoms with E-state index in [9.17, 15) is 14.4 Å². The molecule has 1 aromatic heterocycles. The molecular weight excluding hydrogens is 446 g/mol. The Hall–Kier alpha value is -3.33. The highest BCUT2D eigenvalue weighted by molar-refractivity contribution is 5.85. The van der Waals surface area contributed by atoms with E-state index >= 15 is 0 Å². The molecular formula is C26H35N5O4. The number of aromatic nitrogens is 2. The molecule has 0 aliphatic carbocycles. The highest BCUT2D eigenvalue weighted by Gasteiger charge is 2.31. The zero-order valence-electron chi connectivity index (χ0n) is 20.6. The maximum absolute atomic E-state index is 13.1. The molecule has 2 aromatic rings. The topological polar surface area (TPSA) is 95.9 Å². The molecule has 1 fully saturated rings. The minimum atomic E-state index is -0.447. The van der Waals surface area contributed by atoms with Gasteiger partial charge in [-0.2, -0.15) is 0 Å². The van der Waals surface area contributed by atoms with E-state index in [1.165, 1.54) is 0 Å². The van der Waals surface area contributed by atoms with Gasteiger partial charge in [-0.15, -0.1) is 0 Å². The second-order valence-corrected chi connectivity index (χ2v) is 8.55. The number of likely N-dealkylation sites (N-methyl/N-ethyl adjacent to an activating group) is 1. The molecule has 0 spiro atoms. The van der Waals surface area contributed by atoms with Gasteiger partial charge in [-0.3, -0.25) is 24.4 Å². The lowest BCUT2D eigenvalue weighted by molar-refractivity contribution is -0.139. The fourth-order valence-electron chi connectivity index (χ4n) is 4.11. The summed E-state index contributed by atoms with van der Waals surface area (Å²) in [6.45, 7) is 6.11. The molecule has 1 aliphatic rings. The van der Waals surface area contributed by atoms with Gasteiger partial charge >= 0.3 is 0 Å². The van der Waals surface area contributed by atoms with Crippen LogP contribution in [0.15, 0.2) is 48.9 Å². The van der Waals surface area contributed by atoms with Crippen molar-refractivity contribution in [1.82, 2.24) is 24.7 Å². The Balaban J connectivity index is 1.66. The summed E-state index contributed by atoms with van der Waals surface area (Å²) in [4.78, 5) is 51.8. The molecule has 0 unspecified atom stereocenters. The van der Waals surface area contributed by atoms with Gasteiger partial charge in [0.15, 0.2) is 0 Å². The molecule has 1 aliphatic heterocycles. The number of ether oxygens (including phenoxy) is 1. The van der Waals surface area contributed by atoms with Crippen LogP contribution >= 0.6 is 0 Å². The van der Waals surface area contributed by atoms with Crippen LogP contribution in [-0.4, -0.2) is 94.4 Å². The van der Waals surface area contributed by atoms with E-state index in [2.05, 4.69) is 9.97 Å². The second-order valence-electron chi connectivity index (χ2n) is 8.55. The first-order chi connectivity index (χ1) is 17.0. The van der Waals surface area contributed by atoms with Crippen LogP contribution in [-0.2, 0) is 32.0 Å². The first-order valence-corrected chi connectivity index (χ1v) is 12.2. The number of carbonyl (C=O) groups is 3. The highest BCUT2D eigenvalue weighted by Crippen LogP contribution is 2.13. The molecule has 9 heteroatoms. The molecule has 188 valence electrons. The van der Waals surface area contributed by atoms with Crippen molar-refractivity contribution in [3.8, 4) is 0 Å². The predicted octanol–water partition coefficient (Wildman–Crippen LogP) is 1.58. The van der Waals surface area contributed by atoms with Gasteiger partial charge in [-0.1, -0.05) is 30.3 Å². The zero-order valence-corrected chi connectivity index (χ0v) is 20.6. The van der Waals surface area contributed by atoms with Gasteiger partial charge in [0.05, 0.1) is 18.3 Å². The Bertz CT molecular complexity index is 953. The summed E-state index contributed by atoms with van der Waals surface area (Å²) in [6, 6.07) is 9.97. The van der Waals surface area contributed by atoms with E-state index in [4.69, 9.17) is 4.74 Å². The van der Waals surface area contributed by atoms with Crippen LogP contribution in [0.25, 0.3) is 0 Å². The summed E-state index contributed by atoms with van der Waals surface area (Å²) in [7, 11) is 0. The third-order valence-corrected chi connectivity index (χ3v) is 6.16. The van der Waals surface area contributed by atoms with E-state index in [0.717, 1.165) is 11.3 Å². The van der Waals surface area contributed by atoms with Gasteiger partial charge in [0.1, 0.15) is 6.61 Å². The average molecular weight is 482 g/mol. The summed E-state index contributed by atoms with van der Waals surface area (Å²) >= 11 is 0. The van der Waals surface area contributed by atoms with E-state index in [-0.39, 0.29) is 43.8 Å². The third kappa shape index (κ3) is 8.13. The number of hydrogen-bond acceptors (Lipinski definition) is 6. The zero-order chi connectivity index (χ0) is 25.0. The largest absolute Gasteiger partial charge is 0.365 e. The number of carbonyl (C=O) groups excluding carboxylic acids is 3. The van der Waals surface area contributed by atoms with Crippen molar-refractivity contribution >= 4 is 17.7 Å². The normalized spacial score (nSPS) is 16.2. The van der Waals surface area contributed by atoms with Gasteiger partial charge in [-0.05, 0) is 32.3 Å². The first kappa shape index (κ1) is 26.3. The molecule has 35 heavy (non-hydrogen) atoms. The molecule has 3 rings (SSSR count). The monoisotopic (exact) mass is 481 g/mol. The molecule has 3 amide bonds. The SMILES string of the molecule is CCN(CC)C(=O)CO[C@@H]1CN(CCc2ccccc2)C(=O)CN(C(=O)CCc2cnccn2)C1. The lowest BCUT2D eigenvalue weighted by atomic mass is 10.1. The van der Waals surface area contributed by atoms with E-state index in [1.807, 2.05) is 44.2 Å². The lowest BCUT2D eigenvalue weighted by Gasteiger charge is -2.26. The highest BCUT2D eigenvalue weighted by atomic mass is 16.5. The summed E-state index contributed by atoms with van der Waals surface area (Å²) in [5.74, 6) is -0.352. The molecule has 2 heterocycles. The van der Waals surface area contributed by atoms with E-state index < -0.39 is 6.10 Å². The quantitative estimate of drug-likeness (QED) is 0.484. The molecule has 0 N–H and O–H groups in total. The summed E-state index contributed by atoms with van der Waals surface area (Å²) < 4.78 is 5.98. The Labute approximate surface area is 207 Å². The van der Waals surface area contributed by atoms with Crippen LogP contribution in [0.4, 0.5) is 0 Å². The average Bonchev–Trinajstić information content (AvgIpc) is 3.05. The molecule has 1 aromatic carbocycles. The number of rotatable bonds is 11. The van der Waals surface area contributed by atoms with Crippen molar-refractivity contribution in [3.63, 3.8) is 0 Å². The Morgan fingerprint density at radius 2 is 1.86 bits per heavy atom. The van der Waals surface area contributed by atoms with Crippen molar-refractivity contribution < 1.29 is 19.1 Å². The standard InChI is InChI=1S/C26H35N5O4/c1-3-29(4-2)26(34)20-35-23-17-30(15-12-21-8-6-5-7-9-21)25(33)19-31(18-23)24(32)11-10-22-16-27-13-14-28-22/h5-9,13-14,16,23H,3-4,10-12,15,17-20H2,1-2H3/t23-/m1/s1. The lowest BCUT2D eigenvalue weighted by Crippen LogP contribution is -2.41. The first-order valence-electron chi connectivity index (χ1n) is 12.2.